The monoisotopic (exact) mass is 424 g/mol. The third-order valence-corrected chi connectivity index (χ3v) is 5.16. The zero-order valence-corrected chi connectivity index (χ0v) is 16.5. The first-order valence-corrected chi connectivity index (χ1v) is 9.46. The molecule has 0 saturated carbocycles. The lowest BCUT2D eigenvalue weighted by atomic mass is 10.3. The van der Waals surface area contributed by atoms with Gasteiger partial charge >= 0.3 is 6.09 Å². The fourth-order valence-electron chi connectivity index (χ4n) is 2.82. The standard InChI is InChI=1S/C17H21BrN4O2S/c1-2-24-17(23)20-9-7-19(8-10-20)13-21-11-12-22(16(21)25)15-5-3-14(18)4-6-15/h3-6,11-12H,2,7-10,13H2,1H3. The molecule has 25 heavy (non-hydrogen) atoms. The third kappa shape index (κ3) is 4.31. The highest BCUT2D eigenvalue weighted by Crippen LogP contribution is 2.15. The second-order valence-corrected chi connectivity index (χ2v) is 7.12. The van der Waals surface area contributed by atoms with Crippen LogP contribution in [0.4, 0.5) is 4.79 Å². The maximum absolute atomic E-state index is 11.8. The van der Waals surface area contributed by atoms with Crippen LogP contribution in [-0.2, 0) is 11.4 Å². The molecule has 0 bridgehead atoms. The Morgan fingerprint density at radius 2 is 1.84 bits per heavy atom. The first kappa shape index (κ1) is 18.2. The molecule has 3 rings (SSSR count). The number of ether oxygens (including phenoxy) is 1. The van der Waals surface area contributed by atoms with Gasteiger partial charge in [-0.3, -0.25) is 9.47 Å². The third-order valence-electron chi connectivity index (χ3n) is 4.20. The quantitative estimate of drug-likeness (QED) is 0.704. The van der Waals surface area contributed by atoms with E-state index in [1.807, 2.05) is 48.1 Å². The summed E-state index contributed by atoms with van der Waals surface area (Å²) in [6.07, 6.45) is 3.77. The topological polar surface area (TPSA) is 42.6 Å². The minimum absolute atomic E-state index is 0.222. The molecule has 1 aliphatic heterocycles. The highest BCUT2D eigenvalue weighted by atomic mass is 79.9. The second-order valence-electron chi connectivity index (χ2n) is 5.84. The van der Waals surface area contributed by atoms with Crippen molar-refractivity contribution in [3.05, 3.63) is 45.9 Å². The molecule has 0 aliphatic carbocycles. The molecule has 1 aromatic carbocycles. The number of rotatable bonds is 4. The van der Waals surface area contributed by atoms with Crippen molar-refractivity contribution in [1.82, 2.24) is 18.9 Å². The average Bonchev–Trinajstić information content (AvgIpc) is 2.97. The number of carbonyl (C=O) groups excluding carboxylic acids is 1. The molecule has 8 heteroatoms. The van der Waals surface area contributed by atoms with Gasteiger partial charge in [0.25, 0.3) is 0 Å². The van der Waals surface area contributed by atoms with Crippen LogP contribution in [0.15, 0.2) is 41.1 Å². The number of carbonyl (C=O) groups is 1. The number of hydrogen-bond acceptors (Lipinski definition) is 4. The molecule has 1 saturated heterocycles. The number of hydrogen-bond donors (Lipinski definition) is 0. The smallest absolute Gasteiger partial charge is 0.409 e. The number of nitrogens with zero attached hydrogens (tertiary/aromatic N) is 4. The average molecular weight is 425 g/mol. The molecule has 1 aromatic heterocycles. The van der Waals surface area contributed by atoms with E-state index >= 15 is 0 Å². The summed E-state index contributed by atoms with van der Waals surface area (Å²) < 4.78 is 10.9. The lowest BCUT2D eigenvalue weighted by Gasteiger charge is -2.34. The Morgan fingerprint density at radius 3 is 2.48 bits per heavy atom. The van der Waals surface area contributed by atoms with E-state index in [-0.39, 0.29) is 6.09 Å². The highest BCUT2D eigenvalue weighted by Gasteiger charge is 2.22. The summed E-state index contributed by atoms with van der Waals surface area (Å²) in [7, 11) is 0. The second kappa shape index (κ2) is 8.16. The Kier molecular flexibility index (Phi) is 5.93. The summed E-state index contributed by atoms with van der Waals surface area (Å²) in [6.45, 7) is 5.94. The zero-order chi connectivity index (χ0) is 17.8. The molecule has 2 heterocycles. The van der Waals surface area contributed by atoms with Crippen LogP contribution in [-0.4, -0.2) is 57.8 Å². The van der Waals surface area contributed by atoms with Gasteiger partial charge in [0.05, 0.1) is 13.3 Å². The van der Waals surface area contributed by atoms with Crippen LogP contribution in [0, 0.1) is 4.77 Å². The number of halogens is 1. The van der Waals surface area contributed by atoms with Crippen LogP contribution < -0.4 is 0 Å². The normalized spacial score (nSPS) is 15.4. The molecule has 0 atom stereocenters. The fourth-order valence-corrected chi connectivity index (χ4v) is 3.37. The first-order chi connectivity index (χ1) is 12.1. The minimum Gasteiger partial charge on any atom is -0.450 e. The molecule has 1 aliphatic rings. The highest BCUT2D eigenvalue weighted by molar-refractivity contribution is 9.10. The van der Waals surface area contributed by atoms with Gasteiger partial charge in [-0.15, -0.1) is 0 Å². The summed E-state index contributed by atoms with van der Waals surface area (Å²) in [5, 5.41) is 0. The van der Waals surface area contributed by atoms with Gasteiger partial charge in [-0.05, 0) is 43.4 Å². The number of amides is 1. The van der Waals surface area contributed by atoms with Crippen LogP contribution in [0.25, 0.3) is 5.69 Å². The Morgan fingerprint density at radius 1 is 1.16 bits per heavy atom. The molecule has 0 N–H and O–H groups in total. The van der Waals surface area contributed by atoms with Gasteiger partial charge in [0.15, 0.2) is 4.77 Å². The molecule has 6 nitrogen and oxygen atoms in total. The molecule has 2 aromatic rings. The molecular weight excluding hydrogens is 404 g/mol. The lowest BCUT2D eigenvalue weighted by Crippen LogP contribution is -2.49. The molecule has 0 unspecified atom stereocenters. The Hall–Kier alpha value is -1.64. The predicted molar refractivity (Wildman–Crippen MR) is 102 cm³/mol. The zero-order valence-electron chi connectivity index (χ0n) is 14.1. The van der Waals surface area contributed by atoms with E-state index < -0.39 is 0 Å². The largest absolute Gasteiger partial charge is 0.450 e. The fraction of sp³-hybridized carbons (Fsp3) is 0.412. The van der Waals surface area contributed by atoms with E-state index in [4.69, 9.17) is 17.0 Å². The number of imidazole rings is 1. The molecule has 1 fully saturated rings. The van der Waals surface area contributed by atoms with Crippen molar-refractivity contribution in [2.75, 3.05) is 32.8 Å². The Bertz CT molecular complexity index is 779. The van der Waals surface area contributed by atoms with Gasteiger partial charge in [-0.25, -0.2) is 4.79 Å². The van der Waals surface area contributed by atoms with E-state index in [0.29, 0.717) is 19.7 Å². The van der Waals surface area contributed by atoms with Gasteiger partial charge in [0, 0.05) is 48.7 Å². The van der Waals surface area contributed by atoms with Crippen molar-refractivity contribution in [2.24, 2.45) is 0 Å². The van der Waals surface area contributed by atoms with Crippen molar-refractivity contribution < 1.29 is 9.53 Å². The van der Waals surface area contributed by atoms with Crippen LogP contribution >= 0.6 is 28.1 Å². The van der Waals surface area contributed by atoms with Crippen molar-refractivity contribution in [3.63, 3.8) is 0 Å². The predicted octanol–water partition coefficient (Wildman–Crippen LogP) is 3.50. The molecule has 134 valence electrons. The van der Waals surface area contributed by atoms with E-state index in [9.17, 15) is 4.79 Å². The Balaban J connectivity index is 1.62. The lowest BCUT2D eigenvalue weighted by molar-refractivity contribution is 0.0707. The number of aromatic nitrogens is 2. The van der Waals surface area contributed by atoms with Gasteiger partial charge in [0.2, 0.25) is 0 Å². The molecular formula is C17H21BrN4O2S. The van der Waals surface area contributed by atoms with E-state index in [0.717, 1.165) is 34.7 Å². The molecule has 1 amide bonds. The minimum atomic E-state index is -0.222. The van der Waals surface area contributed by atoms with Crippen LogP contribution in [0.2, 0.25) is 0 Å². The number of piperazine rings is 1. The van der Waals surface area contributed by atoms with E-state index in [1.165, 1.54) is 0 Å². The maximum Gasteiger partial charge on any atom is 0.409 e. The van der Waals surface area contributed by atoms with Gasteiger partial charge < -0.3 is 14.2 Å². The van der Waals surface area contributed by atoms with E-state index in [1.54, 1.807) is 4.90 Å². The summed E-state index contributed by atoms with van der Waals surface area (Å²) in [5.74, 6) is 0. The van der Waals surface area contributed by atoms with Gasteiger partial charge in [0.1, 0.15) is 0 Å². The molecule has 0 radical (unpaired) electrons. The summed E-state index contributed by atoms with van der Waals surface area (Å²) in [4.78, 5) is 15.8. The summed E-state index contributed by atoms with van der Waals surface area (Å²) in [5.41, 5.74) is 1.04. The SMILES string of the molecule is CCOC(=O)N1CCN(Cn2ccn(-c3ccc(Br)cc3)c2=S)CC1. The number of benzene rings is 1. The van der Waals surface area contributed by atoms with Gasteiger partial charge in [-0.2, -0.15) is 0 Å². The summed E-state index contributed by atoms with van der Waals surface area (Å²) in [6, 6.07) is 8.07. The van der Waals surface area contributed by atoms with Crippen molar-refractivity contribution in [3.8, 4) is 5.69 Å². The first-order valence-electron chi connectivity index (χ1n) is 8.26. The van der Waals surface area contributed by atoms with Crippen LogP contribution in [0.5, 0.6) is 0 Å². The van der Waals surface area contributed by atoms with Crippen molar-refractivity contribution >= 4 is 34.2 Å². The Labute approximate surface area is 160 Å². The maximum atomic E-state index is 11.8. The van der Waals surface area contributed by atoms with Crippen molar-refractivity contribution in [1.29, 1.82) is 0 Å². The molecule has 0 spiro atoms. The summed E-state index contributed by atoms with van der Waals surface area (Å²) >= 11 is 9.06. The van der Waals surface area contributed by atoms with Crippen LogP contribution in [0.1, 0.15) is 6.92 Å². The van der Waals surface area contributed by atoms with E-state index in [2.05, 4.69) is 25.4 Å². The van der Waals surface area contributed by atoms with Crippen molar-refractivity contribution in [2.45, 2.75) is 13.6 Å². The van der Waals surface area contributed by atoms with Crippen LogP contribution in [0.3, 0.4) is 0 Å². The van der Waals surface area contributed by atoms with Gasteiger partial charge in [-0.1, -0.05) is 15.9 Å².